The molecule has 0 N–H and O–H groups in total. The number of nitrogens with zero attached hydrogens (tertiary/aromatic N) is 1. The highest BCUT2D eigenvalue weighted by molar-refractivity contribution is 7.90. The van der Waals surface area contributed by atoms with E-state index in [0.717, 1.165) is 24.7 Å². The number of ether oxygens (including phenoxy) is 1. The fourth-order valence-corrected chi connectivity index (χ4v) is 4.98. The molecule has 0 heterocycles. The van der Waals surface area contributed by atoms with Gasteiger partial charge in [-0.15, -0.1) is 0 Å². The molecule has 1 aliphatic rings. The van der Waals surface area contributed by atoms with E-state index in [2.05, 4.69) is 0 Å². The molecule has 6 nitrogen and oxygen atoms in total. The van der Waals surface area contributed by atoms with Gasteiger partial charge in [-0.25, -0.2) is 16.8 Å². The lowest BCUT2D eigenvalue weighted by Gasteiger charge is -2.22. The first-order chi connectivity index (χ1) is 12.2. The lowest BCUT2D eigenvalue weighted by Crippen LogP contribution is -2.32. The van der Waals surface area contributed by atoms with Gasteiger partial charge in [0.2, 0.25) is 10.0 Å². The highest BCUT2D eigenvalue weighted by Gasteiger charge is 2.38. The van der Waals surface area contributed by atoms with Gasteiger partial charge in [0, 0.05) is 18.8 Å². The summed E-state index contributed by atoms with van der Waals surface area (Å²) in [5.74, 6) is 0.714. The Labute approximate surface area is 154 Å². The number of benzene rings is 2. The van der Waals surface area contributed by atoms with E-state index >= 15 is 0 Å². The average Bonchev–Trinajstić information content (AvgIpc) is 3.44. The first kappa shape index (κ1) is 18.9. The zero-order chi connectivity index (χ0) is 18.9. The van der Waals surface area contributed by atoms with Crippen LogP contribution in [0.1, 0.15) is 18.4 Å². The Morgan fingerprint density at radius 1 is 0.923 bits per heavy atom. The summed E-state index contributed by atoms with van der Waals surface area (Å²) in [4.78, 5) is 0.204. The van der Waals surface area contributed by atoms with Crippen molar-refractivity contribution < 1.29 is 21.6 Å². The van der Waals surface area contributed by atoms with Crippen LogP contribution in [0.3, 0.4) is 0 Å². The summed E-state index contributed by atoms with van der Waals surface area (Å²) in [5.41, 5.74) is 0.869. The van der Waals surface area contributed by atoms with Gasteiger partial charge in [-0.3, -0.25) is 0 Å². The zero-order valence-corrected chi connectivity index (χ0v) is 16.3. The molecule has 0 atom stereocenters. The predicted octanol–water partition coefficient (Wildman–Crippen LogP) is 2.45. The molecule has 140 valence electrons. The molecule has 0 radical (unpaired) electrons. The van der Waals surface area contributed by atoms with E-state index in [1.807, 2.05) is 12.1 Å². The van der Waals surface area contributed by atoms with Crippen LogP contribution in [0.15, 0.2) is 58.3 Å². The summed E-state index contributed by atoms with van der Waals surface area (Å²) in [6.07, 6.45) is 2.75. The summed E-state index contributed by atoms with van der Waals surface area (Å²) >= 11 is 0. The maximum atomic E-state index is 13.1. The second kappa shape index (κ2) is 7.02. The molecule has 1 fully saturated rings. The van der Waals surface area contributed by atoms with Crippen molar-refractivity contribution in [1.29, 1.82) is 0 Å². The van der Waals surface area contributed by atoms with Crippen LogP contribution in [-0.4, -0.2) is 40.5 Å². The van der Waals surface area contributed by atoms with Crippen molar-refractivity contribution in [3.8, 4) is 5.75 Å². The minimum Gasteiger partial charge on any atom is -0.497 e. The van der Waals surface area contributed by atoms with Crippen molar-refractivity contribution in [2.75, 3.05) is 13.4 Å². The molecule has 0 bridgehead atoms. The Morgan fingerprint density at radius 3 is 1.92 bits per heavy atom. The van der Waals surface area contributed by atoms with Crippen LogP contribution in [0.4, 0.5) is 0 Å². The Morgan fingerprint density at radius 2 is 1.46 bits per heavy atom. The minimum atomic E-state index is -3.71. The van der Waals surface area contributed by atoms with E-state index in [9.17, 15) is 16.8 Å². The highest BCUT2D eigenvalue weighted by Crippen LogP contribution is 2.34. The zero-order valence-electron chi connectivity index (χ0n) is 14.6. The van der Waals surface area contributed by atoms with Crippen molar-refractivity contribution >= 4 is 19.9 Å². The third-order valence-corrected chi connectivity index (χ3v) is 7.35. The van der Waals surface area contributed by atoms with Crippen LogP contribution in [0.25, 0.3) is 0 Å². The molecular weight excluding hydrogens is 374 g/mol. The lowest BCUT2D eigenvalue weighted by molar-refractivity contribution is 0.397. The fraction of sp³-hybridized carbons (Fsp3) is 0.333. The van der Waals surface area contributed by atoms with Gasteiger partial charge >= 0.3 is 0 Å². The van der Waals surface area contributed by atoms with Crippen LogP contribution < -0.4 is 4.74 Å². The Balaban J connectivity index is 1.88. The quantitative estimate of drug-likeness (QED) is 0.719. The van der Waals surface area contributed by atoms with Crippen molar-refractivity contribution in [3.63, 3.8) is 0 Å². The average molecular weight is 396 g/mol. The third-order valence-electron chi connectivity index (χ3n) is 4.31. The Kier molecular flexibility index (Phi) is 5.09. The highest BCUT2D eigenvalue weighted by atomic mass is 32.2. The predicted molar refractivity (Wildman–Crippen MR) is 98.3 cm³/mol. The molecule has 2 aromatic rings. The summed E-state index contributed by atoms with van der Waals surface area (Å²) < 4.78 is 55.9. The lowest BCUT2D eigenvalue weighted by atomic mass is 10.2. The Hall–Kier alpha value is -1.90. The molecule has 1 saturated carbocycles. The van der Waals surface area contributed by atoms with E-state index in [0.29, 0.717) is 5.75 Å². The van der Waals surface area contributed by atoms with Crippen LogP contribution in [0.5, 0.6) is 5.75 Å². The maximum Gasteiger partial charge on any atom is 0.243 e. The monoisotopic (exact) mass is 395 g/mol. The smallest absolute Gasteiger partial charge is 0.243 e. The first-order valence-electron chi connectivity index (χ1n) is 8.17. The van der Waals surface area contributed by atoms with Gasteiger partial charge in [-0.2, -0.15) is 4.31 Å². The van der Waals surface area contributed by atoms with E-state index in [-0.39, 0.29) is 22.4 Å². The number of rotatable bonds is 7. The molecule has 26 heavy (non-hydrogen) atoms. The maximum absolute atomic E-state index is 13.1. The second-order valence-corrected chi connectivity index (χ2v) is 10.3. The van der Waals surface area contributed by atoms with Crippen LogP contribution in [-0.2, 0) is 26.4 Å². The molecule has 0 amide bonds. The molecule has 2 aromatic carbocycles. The van der Waals surface area contributed by atoms with E-state index < -0.39 is 19.9 Å². The van der Waals surface area contributed by atoms with Crippen molar-refractivity contribution in [3.05, 3.63) is 54.1 Å². The third kappa shape index (κ3) is 4.08. The van der Waals surface area contributed by atoms with Gasteiger partial charge in [0.25, 0.3) is 0 Å². The summed E-state index contributed by atoms with van der Waals surface area (Å²) in [6.45, 7) is 0.269. The standard InChI is InChI=1S/C18H21NO5S2/c1-24-16-7-3-14(4-8-16)13-19(15-5-6-15)26(22,23)18-11-9-17(10-12-18)25(2,20)21/h3-4,7-12,15H,5-6,13H2,1-2H3. The van der Waals surface area contributed by atoms with Gasteiger partial charge in [-0.05, 0) is 54.8 Å². The van der Waals surface area contributed by atoms with Crippen molar-refractivity contribution in [2.24, 2.45) is 0 Å². The summed E-state index contributed by atoms with van der Waals surface area (Å²) in [6, 6.07) is 12.7. The number of sulfone groups is 1. The van der Waals surface area contributed by atoms with Crippen LogP contribution >= 0.6 is 0 Å². The minimum absolute atomic E-state index is 0.0170. The van der Waals surface area contributed by atoms with E-state index in [1.54, 1.807) is 19.2 Å². The molecule has 3 rings (SSSR count). The molecule has 8 heteroatoms. The number of hydrogen-bond acceptors (Lipinski definition) is 5. The molecule has 0 aliphatic heterocycles. The van der Waals surface area contributed by atoms with Crippen molar-refractivity contribution in [1.82, 2.24) is 4.31 Å². The SMILES string of the molecule is COc1ccc(CN(C2CC2)S(=O)(=O)c2ccc(S(C)(=O)=O)cc2)cc1. The molecule has 0 saturated heterocycles. The normalized spacial score (nSPS) is 15.2. The first-order valence-corrected chi connectivity index (χ1v) is 11.5. The molecule has 1 aliphatic carbocycles. The van der Waals surface area contributed by atoms with Gasteiger partial charge < -0.3 is 4.74 Å². The fourth-order valence-electron chi connectivity index (χ4n) is 2.68. The number of sulfonamides is 1. The van der Waals surface area contributed by atoms with Gasteiger partial charge in [0.15, 0.2) is 9.84 Å². The largest absolute Gasteiger partial charge is 0.497 e. The topological polar surface area (TPSA) is 80.8 Å². The molecule has 0 spiro atoms. The van der Waals surface area contributed by atoms with E-state index in [1.165, 1.54) is 28.6 Å². The summed E-state index contributed by atoms with van der Waals surface area (Å²) in [5, 5.41) is 0. The number of methoxy groups -OCH3 is 1. The van der Waals surface area contributed by atoms with Crippen LogP contribution in [0, 0.1) is 0 Å². The van der Waals surface area contributed by atoms with Crippen molar-refractivity contribution in [2.45, 2.75) is 35.2 Å². The Bertz CT molecular complexity index is 977. The second-order valence-electron chi connectivity index (χ2n) is 6.37. The molecule has 0 unspecified atom stereocenters. The molecular formula is C18H21NO5S2. The molecule has 0 aromatic heterocycles. The van der Waals surface area contributed by atoms with Gasteiger partial charge in [0.05, 0.1) is 16.9 Å². The number of hydrogen-bond donors (Lipinski definition) is 0. The van der Waals surface area contributed by atoms with Gasteiger partial charge in [0.1, 0.15) is 5.75 Å². The van der Waals surface area contributed by atoms with Crippen LogP contribution in [0.2, 0.25) is 0 Å². The van der Waals surface area contributed by atoms with Gasteiger partial charge in [-0.1, -0.05) is 12.1 Å². The summed E-state index contributed by atoms with van der Waals surface area (Å²) in [7, 11) is -5.49. The van der Waals surface area contributed by atoms with E-state index in [4.69, 9.17) is 4.74 Å².